The summed E-state index contributed by atoms with van der Waals surface area (Å²) in [6.45, 7) is 2.02. The molecule has 0 aliphatic carbocycles. The predicted molar refractivity (Wildman–Crippen MR) is 68.4 cm³/mol. The normalized spacial score (nSPS) is 13.2. The molecule has 1 aromatic rings. The van der Waals surface area contributed by atoms with Gasteiger partial charge in [-0.2, -0.15) is 13.2 Å². The lowest BCUT2D eigenvalue weighted by Crippen LogP contribution is -2.46. The zero-order valence-electron chi connectivity index (χ0n) is 10.8. The Morgan fingerprint density at radius 1 is 1.40 bits per heavy atom. The van der Waals surface area contributed by atoms with Crippen LogP contribution in [0.5, 0.6) is 0 Å². The van der Waals surface area contributed by atoms with E-state index in [1.165, 1.54) is 12.4 Å². The van der Waals surface area contributed by atoms with Crippen molar-refractivity contribution in [3.63, 3.8) is 0 Å². The van der Waals surface area contributed by atoms with Crippen LogP contribution in [0.15, 0.2) is 12.4 Å². The average molecular weight is 311 g/mol. The zero-order chi connectivity index (χ0) is 15.3. The lowest BCUT2D eigenvalue weighted by molar-refractivity contribution is -0.139. The van der Waals surface area contributed by atoms with Gasteiger partial charge in [-0.25, -0.2) is 4.98 Å². The molecule has 2 N–H and O–H groups in total. The molecule has 0 radical (unpaired) electrons. The maximum Gasteiger partial charge on any atom is 0.405 e. The molecule has 9 heteroatoms. The summed E-state index contributed by atoms with van der Waals surface area (Å²) < 4.78 is 36.3. The van der Waals surface area contributed by atoms with Crippen LogP contribution < -0.4 is 10.6 Å². The van der Waals surface area contributed by atoms with Crippen molar-refractivity contribution in [2.24, 2.45) is 5.92 Å². The number of nitrogens with one attached hydrogen (secondary N) is 2. The van der Waals surface area contributed by atoms with Crippen molar-refractivity contribution in [1.82, 2.24) is 15.3 Å². The van der Waals surface area contributed by atoms with E-state index in [-0.39, 0.29) is 16.9 Å². The Morgan fingerprint density at radius 3 is 2.55 bits per heavy atom. The van der Waals surface area contributed by atoms with Crippen molar-refractivity contribution in [2.75, 3.05) is 11.9 Å². The Labute approximate surface area is 118 Å². The highest BCUT2D eigenvalue weighted by molar-refractivity contribution is 6.29. The van der Waals surface area contributed by atoms with Crippen LogP contribution in [0.25, 0.3) is 0 Å². The fourth-order valence-corrected chi connectivity index (χ4v) is 1.55. The summed E-state index contributed by atoms with van der Waals surface area (Å²) in [4.78, 5) is 19.4. The average Bonchev–Trinajstić information content (AvgIpc) is 2.32. The van der Waals surface area contributed by atoms with Crippen molar-refractivity contribution in [1.29, 1.82) is 0 Å². The van der Waals surface area contributed by atoms with Gasteiger partial charge in [0, 0.05) is 0 Å². The molecule has 0 aliphatic rings. The van der Waals surface area contributed by atoms with Gasteiger partial charge in [-0.05, 0) is 5.92 Å². The summed E-state index contributed by atoms with van der Waals surface area (Å²) in [5.74, 6) is -0.790. The lowest BCUT2D eigenvalue weighted by atomic mass is 10.0. The van der Waals surface area contributed by atoms with E-state index >= 15 is 0 Å². The number of aromatic nitrogens is 2. The van der Waals surface area contributed by atoms with E-state index in [1.807, 2.05) is 5.32 Å². The largest absolute Gasteiger partial charge is 0.405 e. The molecular weight excluding hydrogens is 297 g/mol. The van der Waals surface area contributed by atoms with Gasteiger partial charge in [-0.1, -0.05) is 25.4 Å². The number of nitrogens with zero attached hydrogens (tertiary/aromatic N) is 2. The summed E-state index contributed by atoms with van der Waals surface area (Å²) >= 11 is 5.65. The Morgan fingerprint density at radius 2 is 2.05 bits per heavy atom. The van der Waals surface area contributed by atoms with Gasteiger partial charge in [0.1, 0.15) is 23.6 Å². The first-order valence-electron chi connectivity index (χ1n) is 5.77. The van der Waals surface area contributed by atoms with E-state index in [1.54, 1.807) is 13.8 Å². The fraction of sp³-hybridized carbons (Fsp3) is 0.545. The zero-order valence-corrected chi connectivity index (χ0v) is 11.6. The van der Waals surface area contributed by atoms with E-state index in [2.05, 4.69) is 15.3 Å². The number of rotatable bonds is 5. The Balaban J connectivity index is 2.72. The summed E-state index contributed by atoms with van der Waals surface area (Å²) in [5.41, 5.74) is 0. The summed E-state index contributed by atoms with van der Waals surface area (Å²) in [6, 6.07) is -0.870. The molecule has 1 atom stereocenters. The van der Waals surface area contributed by atoms with E-state index < -0.39 is 24.7 Å². The number of halogens is 4. The molecule has 5 nitrogen and oxygen atoms in total. The van der Waals surface area contributed by atoms with E-state index in [0.29, 0.717) is 0 Å². The smallest absolute Gasteiger partial charge is 0.357 e. The van der Waals surface area contributed by atoms with Crippen molar-refractivity contribution in [3.05, 3.63) is 17.5 Å². The van der Waals surface area contributed by atoms with Gasteiger partial charge in [-0.15, -0.1) is 0 Å². The first-order chi connectivity index (χ1) is 9.19. The van der Waals surface area contributed by atoms with Crippen LogP contribution in [-0.2, 0) is 4.79 Å². The van der Waals surface area contributed by atoms with Crippen LogP contribution in [0.1, 0.15) is 13.8 Å². The van der Waals surface area contributed by atoms with Crippen LogP contribution in [0.3, 0.4) is 0 Å². The minimum absolute atomic E-state index is 0.119. The third-order valence-corrected chi connectivity index (χ3v) is 2.50. The Hall–Kier alpha value is -1.57. The van der Waals surface area contributed by atoms with Crippen LogP contribution in [0, 0.1) is 5.92 Å². The minimum Gasteiger partial charge on any atom is -0.357 e. The molecule has 1 unspecified atom stereocenters. The van der Waals surface area contributed by atoms with Gasteiger partial charge in [0.15, 0.2) is 0 Å². The minimum atomic E-state index is -4.45. The molecule has 20 heavy (non-hydrogen) atoms. The molecule has 1 amide bonds. The predicted octanol–water partition coefficient (Wildman–Crippen LogP) is 2.25. The van der Waals surface area contributed by atoms with Crippen molar-refractivity contribution in [3.8, 4) is 0 Å². The highest BCUT2D eigenvalue weighted by Crippen LogP contribution is 2.15. The quantitative estimate of drug-likeness (QED) is 0.875. The van der Waals surface area contributed by atoms with Crippen LogP contribution in [0.2, 0.25) is 5.15 Å². The molecule has 112 valence electrons. The van der Waals surface area contributed by atoms with Gasteiger partial charge >= 0.3 is 6.18 Å². The highest BCUT2D eigenvalue weighted by Gasteiger charge is 2.30. The van der Waals surface area contributed by atoms with E-state index in [4.69, 9.17) is 11.6 Å². The molecule has 0 spiro atoms. The second-order valence-corrected chi connectivity index (χ2v) is 4.81. The number of carbonyl (C=O) groups is 1. The van der Waals surface area contributed by atoms with Gasteiger partial charge in [-0.3, -0.25) is 9.78 Å². The summed E-state index contributed by atoms with van der Waals surface area (Å²) in [5, 5.41) is 4.67. The number of carbonyl (C=O) groups excluding carboxylic acids is 1. The van der Waals surface area contributed by atoms with Crippen molar-refractivity contribution >= 4 is 23.3 Å². The Bertz CT molecular complexity index is 467. The molecule has 0 bridgehead atoms. The highest BCUT2D eigenvalue weighted by atomic mass is 35.5. The lowest BCUT2D eigenvalue weighted by Gasteiger charge is -2.22. The Kier molecular flexibility index (Phi) is 5.55. The van der Waals surface area contributed by atoms with Gasteiger partial charge in [0.05, 0.1) is 12.4 Å². The number of hydrogen-bond acceptors (Lipinski definition) is 4. The maximum absolute atomic E-state index is 12.1. The molecule has 0 aliphatic heterocycles. The van der Waals surface area contributed by atoms with Crippen molar-refractivity contribution in [2.45, 2.75) is 26.1 Å². The summed E-state index contributed by atoms with van der Waals surface area (Å²) in [7, 11) is 0. The fourth-order valence-electron chi connectivity index (χ4n) is 1.40. The van der Waals surface area contributed by atoms with E-state index in [0.717, 1.165) is 0 Å². The first kappa shape index (κ1) is 16.5. The topological polar surface area (TPSA) is 66.9 Å². The van der Waals surface area contributed by atoms with E-state index in [9.17, 15) is 18.0 Å². The molecule has 1 aromatic heterocycles. The summed E-state index contributed by atoms with van der Waals surface area (Å²) in [6.07, 6.45) is -1.81. The van der Waals surface area contributed by atoms with Gasteiger partial charge < -0.3 is 10.6 Å². The SMILES string of the molecule is CC(C)C(Nc1cncc(Cl)n1)C(=O)NCC(F)(F)F. The molecule has 0 aromatic carbocycles. The molecule has 0 saturated carbocycles. The number of hydrogen-bond donors (Lipinski definition) is 2. The third-order valence-electron chi connectivity index (χ3n) is 2.32. The maximum atomic E-state index is 12.1. The van der Waals surface area contributed by atoms with Gasteiger partial charge in [0.2, 0.25) is 5.91 Å². The first-order valence-corrected chi connectivity index (χ1v) is 6.15. The number of anilines is 1. The van der Waals surface area contributed by atoms with Gasteiger partial charge in [0.25, 0.3) is 0 Å². The number of alkyl halides is 3. The molecular formula is C11H14ClF3N4O. The van der Waals surface area contributed by atoms with Crippen LogP contribution >= 0.6 is 11.6 Å². The molecule has 1 rings (SSSR count). The second kappa shape index (κ2) is 6.74. The molecule has 1 heterocycles. The number of amides is 1. The monoisotopic (exact) mass is 310 g/mol. The third kappa shape index (κ3) is 5.60. The molecule has 0 fully saturated rings. The van der Waals surface area contributed by atoms with Crippen LogP contribution in [0.4, 0.5) is 19.0 Å². The van der Waals surface area contributed by atoms with Crippen LogP contribution in [-0.4, -0.2) is 34.6 Å². The second-order valence-electron chi connectivity index (χ2n) is 4.43. The standard InChI is InChI=1S/C11H14ClF3N4O/c1-6(2)9(10(20)17-5-11(13,14)15)19-8-4-16-3-7(12)18-8/h3-4,6,9H,5H2,1-2H3,(H,17,20)(H,18,19). The molecule has 0 saturated heterocycles. The van der Waals surface area contributed by atoms with Crippen molar-refractivity contribution < 1.29 is 18.0 Å².